The standard InChI is InChI=1S/C16H13BrN2/c1-11-15(13-9-5-6-10-14(13)17)19-16(18-11)12-7-3-2-4-8-12/h2-10H,1H3,(H,18,19). The number of halogens is 1. The van der Waals surface area contributed by atoms with Crippen LogP contribution in [0, 0.1) is 6.92 Å². The van der Waals surface area contributed by atoms with E-state index >= 15 is 0 Å². The van der Waals surface area contributed by atoms with E-state index in [4.69, 9.17) is 4.98 Å². The zero-order valence-corrected chi connectivity index (χ0v) is 12.1. The molecule has 0 aliphatic rings. The molecule has 0 saturated carbocycles. The molecular weight excluding hydrogens is 300 g/mol. The SMILES string of the molecule is Cc1[nH]c(-c2ccccc2)nc1-c1ccccc1Br. The van der Waals surface area contributed by atoms with Crippen molar-refractivity contribution in [3.63, 3.8) is 0 Å². The van der Waals surface area contributed by atoms with Gasteiger partial charge in [-0.3, -0.25) is 0 Å². The zero-order chi connectivity index (χ0) is 13.2. The van der Waals surface area contributed by atoms with Crippen molar-refractivity contribution in [1.29, 1.82) is 0 Å². The topological polar surface area (TPSA) is 28.7 Å². The van der Waals surface area contributed by atoms with E-state index in [0.29, 0.717) is 0 Å². The summed E-state index contributed by atoms with van der Waals surface area (Å²) in [5.41, 5.74) is 4.28. The molecule has 0 aliphatic heterocycles. The summed E-state index contributed by atoms with van der Waals surface area (Å²) >= 11 is 3.58. The highest BCUT2D eigenvalue weighted by Gasteiger charge is 2.12. The van der Waals surface area contributed by atoms with Gasteiger partial charge in [0.25, 0.3) is 0 Å². The normalized spacial score (nSPS) is 10.6. The third-order valence-electron chi connectivity index (χ3n) is 3.06. The Balaban J connectivity index is 2.11. The van der Waals surface area contributed by atoms with Crippen molar-refractivity contribution in [2.45, 2.75) is 6.92 Å². The Morgan fingerprint density at radius 1 is 0.947 bits per heavy atom. The molecule has 3 rings (SSSR count). The fourth-order valence-electron chi connectivity index (χ4n) is 2.11. The summed E-state index contributed by atoms with van der Waals surface area (Å²) in [7, 11) is 0. The number of hydrogen-bond acceptors (Lipinski definition) is 1. The summed E-state index contributed by atoms with van der Waals surface area (Å²) in [5, 5.41) is 0. The van der Waals surface area contributed by atoms with Gasteiger partial charge in [-0.25, -0.2) is 4.98 Å². The molecule has 0 bridgehead atoms. The number of nitrogens with zero attached hydrogens (tertiary/aromatic N) is 1. The summed E-state index contributed by atoms with van der Waals surface area (Å²) in [5.74, 6) is 0.906. The van der Waals surface area contributed by atoms with Crippen molar-refractivity contribution in [1.82, 2.24) is 9.97 Å². The number of benzene rings is 2. The molecule has 2 aromatic carbocycles. The maximum absolute atomic E-state index is 4.73. The number of aromatic amines is 1. The van der Waals surface area contributed by atoms with Crippen LogP contribution in [0.5, 0.6) is 0 Å². The Hall–Kier alpha value is -1.87. The molecule has 3 heteroatoms. The molecule has 94 valence electrons. The van der Waals surface area contributed by atoms with Gasteiger partial charge in [0.2, 0.25) is 0 Å². The van der Waals surface area contributed by atoms with Gasteiger partial charge in [0.1, 0.15) is 5.82 Å². The van der Waals surface area contributed by atoms with Crippen molar-refractivity contribution >= 4 is 15.9 Å². The Morgan fingerprint density at radius 2 is 1.63 bits per heavy atom. The molecule has 1 heterocycles. The number of hydrogen-bond donors (Lipinski definition) is 1. The third kappa shape index (κ3) is 2.34. The summed E-state index contributed by atoms with van der Waals surface area (Å²) in [6.07, 6.45) is 0. The van der Waals surface area contributed by atoms with Crippen LogP contribution >= 0.6 is 15.9 Å². The van der Waals surface area contributed by atoms with Crippen LogP contribution in [-0.2, 0) is 0 Å². The lowest BCUT2D eigenvalue weighted by atomic mass is 10.1. The van der Waals surface area contributed by atoms with E-state index < -0.39 is 0 Å². The fraction of sp³-hybridized carbons (Fsp3) is 0.0625. The van der Waals surface area contributed by atoms with Gasteiger partial charge in [0.15, 0.2) is 0 Å². The van der Waals surface area contributed by atoms with E-state index in [1.54, 1.807) is 0 Å². The van der Waals surface area contributed by atoms with Gasteiger partial charge in [-0.05, 0) is 13.0 Å². The van der Waals surface area contributed by atoms with Crippen molar-refractivity contribution < 1.29 is 0 Å². The van der Waals surface area contributed by atoms with Gasteiger partial charge in [-0.2, -0.15) is 0 Å². The molecule has 2 nitrogen and oxygen atoms in total. The quantitative estimate of drug-likeness (QED) is 0.722. The van der Waals surface area contributed by atoms with E-state index in [1.807, 2.05) is 43.3 Å². The van der Waals surface area contributed by atoms with Crippen LogP contribution in [0.2, 0.25) is 0 Å². The maximum atomic E-state index is 4.73. The lowest BCUT2D eigenvalue weighted by Gasteiger charge is -2.01. The molecule has 0 fully saturated rings. The lowest BCUT2D eigenvalue weighted by Crippen LogP contribution is -1.82. The van der Waals surface area contributed by atoms with E-state index in [1.165, 1.54) is 0 Å². The van der Waals surface area contributed by atoms with Crippen molar-refractivity contribution in [2.75, 3.05) is 0 Å². The Morgan fingerprint density at radius 3 is 2.37 bits per heavy atom. The first-order valence-electron chi connectivity index (χ1n) is 6.12. The van der Waals surface area contributed by atoms with Gasteiger partial charge in [0, 0.05) is 21.3 Å². The van der Waals surface area contributed by atoms with Crippen molar-refractivity contribution in [3.8, 4) is 22.6 Å². The van der Waals surface area contributed by atoms with Gasteiger partial charge in [-0.15, -0.1) is 0 Å². The van der Waals surface area contributed by atoms with Crippen molar-refractivity contribution in [2.24, 2.45) is 0 Å². The van der Waals surface area contributed by atoms with Gasteiger partial charge in [-0.1, -0.05) is 64.5 Å². The van der Waals surface area contributed by atoms with E-state index in [9.17, 15) is 0 Å². The number of imidazole rings is 1. The van der Waals surface area contributed by atoms with Crippen molar-refractivity contribution in [3.05, 3.63) is 64.8 Å². The first-order chi connectivity index (χ1) is 9.25. The molecular formula is C16H13BrN2. The number of aromatic nitrogens is 2. The predicted molar refractivity (Wildman–Crippen MR) is 81.9 cm³/mol. The van der Waals surface area contributed by atoms with E-state index in [2.05, 4.69) is 39.1 Å². The summed E-state index contributed by atoms with van der Waals surface area (Å²) < 4.78 is 1.06. The molecule has 0 saturated heterocycles. The lowest BCUT2D eigenvalue weighted by molar-refractivity contribution is 1.26. The highest BCUT2D eigenvalue weighted by Crippen LogP contribution is 2.30. The van der Waals surface area contributed by atoms with Crippen LogP contribution in [0.4, 0.5) is 0 Å². The third-order valence-corrected chi connectivity index (χ3v) is 3.75. The fourth-order valence-corrected chi connectivity index (χ4v) is 2.58. The van der Waals surface area contributed by atoms with Crippen LogP contribution in [0.1, 0.15) is 5.69 Å². The zero-order valence-electron chi connectivity index (χ0n) is 10.5. The number of H-pyrrole nitrogens is 1. The Labute approximate surface area is 120 Å². The summed E-state index contributed by atoms with van der Waals surface area (Å²) in [4.78, 5) is 8.08. The largest absolute Gasteiger partial charge is 0.342 e. The minimum absolute atomic E-state index is 0.906. The molecule has 1 aromatic heterocycles. The van der Waals surface area contributed by atoms with Gasteiger partial charge in [0.05, 0.1) is 5.69 Å². The van der Waals surface area contributed by atoms with E-state index in [0.717, 1.165) is 32.8 Å². The molecule has 0 atom stereocenters. The molecule has 19 heavy (non-hydrogen) atoms. The highest BCUT2D eigenvalue weighted by atomic mass is 79.9. The Bertz CT molecular complexity index is 702. The molecule has 0 unspecified atom stereocenters. The second-order valence-electron chi connectivity index (χ2n) is 4.40. The Kier molecular flexibility index (Phi) is 3.22. The molecule has 0 aliphatic carbocycles. The van der Waals surface area contributed by atoms with Crippen LogP contribution in [0.3, 0.4) is 0 Å². The number of rotatable bonds is 2. The molecule has 0 amide bonds. The van der Waals surface area contributed by atoms with Crippen LogP contribution in [0.15, 0.2) is 59.1 Å². The molecule has 1 N–H and O–H groups in total. The summed E-state index contributed by atoms with van der Waals surface area (Å²) in [6.45, 7) is 2.05. The number of nitrogens with one attached hydrogen (secondary N) is 1. The molecule has 3 aromatic rings. The smallest absolute Gasteiger partial charge is 0.138 e. The van der Waals surface area contributed by atoms with E-state index in [-0.39, 0.29) is 0 Å². The summed E-state index contributed by atoms with van der Waals surface area (Å²) in [6, 6.07) is 18.3. The first kappa shape index (κ1) is 12.2. The van der Waals surface area contributed by atoms with Gasteiger partial charge >= 0.3 is 0 Å². The maximum Gasteiger partial charge on any atom is 0.138 e. The average Bonchev–Trinajstić information content (AvgIpc) is 2.82. The van der Waals surface area contributed by atoms with Crippen LogP contribution in [-0.4, -0.2) is 9.97 Å². The van der Waals surface area contributed by atoms with Crippen LogP contribution in [0.25, 0.3) is 22.6 Å². The highest BCUT2D eigenvalue weighted by molar-refractivity contribution is 9.10. The second-order valence-corrected chi connectivity index (χ2v) is 5.26. The average molecular weight is 313 g/mol. The first-order valence-corrected chi connectivity index (χ1v) is 6.92. The monoisotopic (exact) mass is 312 g/mol. The van der Waals surface area contributed by atoms with Gasteiger partial charge < -0.3 is 4.98 Å². The number of aryl methyl sites for hydroxylation is 1. The minimum Gasteiger partial charge on any atom is -0.342 e. The van der Waals surface area contributed by atoms with Crippen LogP contribution < -0.4 is 0 Å². The predicted octanol–water partition coefficient (Wildman–Crippen LogP) is 4.81. The molecule has 0 radical (unpaired) electrons. The second kappa shape index (κ2) is 5.02. The minimum atomic E-state index is 0.906. The molecule has 0 spiro atoms.